The average Bonchev–Trinajstić information content (AvgIpc) is 2.96. The Morgan fingerprint density at radius 2 is 1.52 bits per heavy atom. The van der Waals surface area contributed by atoms with Crippen LogP contribution in [0.5, 0.6) is 0 Å². The van der Waals surface area contributed by atoms with E-state index in [1.54, 1.807) is 12.1 Å². The number of nitrogens with zero attached hydrogens (tertiary/aromatic N) is 1. The Hall–Kier alpha value is -3.18. The zero-order valence-corrected chi connectivity index (χ0v) is 17.7. The Labute approximate surface area is 178 Å². The molecule has 1 aliphatic heterocycles. The first-order valence-corrected chi connectivity index (χ1v) is 10.0. The van der Waals surface area contributed by atoms with E-state index < -0.39 is 0 Å². The molecule has 0 spiro atoms. The molecule has 0 atom stereocenters. The monoisotopic (exact) mass is 446 g/mol. The number of aryl methyl sites for hydroxylation is 2. The molecule has 3 aromatic rings. The summed E-state index contributed by atoms with van der Waals surface area (Å²) < 4.78 is 0.880. The zero-order valence-electron chi connectivity index (χ0n) is 16.1. The molecule has 3 aromatic carbocycles. The Kier molecular flexibility index (Phi) is 5.07. The first-order valence-electron chi connectivity index (χ1n) is 9.24. The molecule has 0 aromatic heterocycles. The molecule has 0 unspecified atom stereocenters. The van der Waals surface area contributed by atoms with Crippen LogP contribution in [-0.4, -0.2) is 11.8 Å². The first kappa shape index (κ1) is 19.2. The van der Waals surface area contributed by atoms with Crippen molar-refractivity contribution in [3.63, 3.8) is 0 Å². The zero-order chi connectivity index (χ0) is 20.5. The summed E-state index contributed by atoms with van der Waals surface area (Å²) in [7, 11) is 0. The molecule has 0 aliphatic carbocycles. The van der Waals surface area contributed by atoms with Gasteiger partial charge in [-0.1, -0.05) is 58.4 Å². The quantitative estimate of drug-likeness (QED) is 0.541. The molecule has 0 fully saturated rings. The molecule has 144 valence electrons. The standard InChI is InChI=1S/C24H19BrN2O2/c1-15-8-9-16(2)20(14-15)26-22-21(17-6-4-3-5-7-17)23(28)27(24(22)29)19-12-10-18(25)11-13-19/h3-14,26H,1-2H3. The lowest BCUT2D eigenvalue weighted by Gasteiger charge is -2.16. The third kappa shape index (κ3) is 3.61. The molecule has 5 heteroatoms. The Bertz CT molecular complexity index is 1140. The van der Waals surface area contributed by atoms with Gasteiger partial charge in [-0.2, -0.15) is 0 Å². The fourth-order valence-electron chi connectivity index (χ4n) is 3.35. The van der Waals surface area contributed by atoms with Crippen LogP contribution in [0.4, 0.5) is 11.4 Å². The van der Waals surface area contributed by atoms with E-state index in [0.717, 1.165) is 21.3 Å². The van der Waals surface area contributed by atoms with Gasteiger partial charge in [0.05, 0.1) is 11.3 Å². The van der Waals surface area contributed by atoms with Crippen molar-refractivity contribution in [2.45, 2.75) is 13.8 Å². The van der Waals surface area contributed by atoms with Crippen LogP contribution in [0.15, 0.2) is 83.0 Å². The normalized spacial score (nSPS) is 14.0. The van der Waals surface area contributed by atoms with E-state index >= 15 is 0 Å². The second-order valence-electron chi connectivity index (χ2n) is 6.98. The lowest BCUT2D eigenvalue weighted by Crippen LogP contribution is -2.32. The largest absolute Gasteiger partial charge is 0.350 e. The second kappa shape index (κ2) is 7.68. The minimum atomic E-state index is -0.364. The van der Waals surface area contributed by atoms with Gasteiger partial charge in [0.1, 0.15) is 5.70 Å². The third-order valence-corrected chi connectivity index (χ3v) is 5.41. The summed E-state index contributed by atoms with van der Waals surface area (Å²) in [5.41, 5.74) is 4.79. The van der Waals surface area contributed by atoms with Gasteiger partial charge < -0.3 is 5.32 Å². The van der Waals surface area contributed by atoms with E-state index in [9.17, 15) is 9.59 Å². The number of imide groups is 1. The van der Waals surface area contributed by atoms with Crippen molar-refractivity contribution in [1.29, 1.82) is 0 Å². The van der Waals surface area contributed by atoms with Crippen molar-refractivity contribution in [2.75, 3.05) is 10.2 Å². The molecular formula is C24H19BrN2O2. The highest BCUT2D eigenvalue weighted by Gasteiger charge is 2.40. The number of carbonyl (C=O) groups excluding carboxylic acids is 2. The molecule has 4 nitrogen and oxygen atoms in total. The lowest BCUT2D eigenvalue weighted by molar-refractivity contribution is -0.120. The third-order valence-electron chi connectivity index (χ3n) is 4.88. The van der Waals surface area contributed by atoms with Gasteiger partial charge in [0, 0.05) is 10.2 Å². The number of rotatable bonds is 4. The Morgan fingerprint density at radius 1 is 0.828 bits per heavy atom. The lowest BCUT2D eigenvalue weighted by atomic mass is 10.0. The molecule has 1 heterocycles. The molecule has 4 rings (SSSR count). The van der Waals surface area contributed by atoms with E-state index in [4.69, 9.17) is 0 Å². The maximum atomic E-state index is 13.4. The number of benzene rings is 3. The van der Waals surface area contributed by atoms with E-state index in [1.807, 2.05) is 74.5 Å². The molecular weight excluding hydrogens is 428 g/mol. The van der Waals surface area contributed by atoms with Crippen LogP contribution in [0.3, 0.4) is 0 Å². The summed E-state index contributed by atoms with van der Waals surface area (Å²) in [5, 5.41) is 3.25. The van der Waals surface area contributed by atoms with Crippen molar-refractivity contribution in [3.8, 4) is 0 Å². The molecule has 0 bridgehead atoms. The van der Waals surface area contributed by atoms with Gasteiger partial charge in [-0.05, 0) is 60.9 Å². The van der Waals surface area contributed by atoms with Crippen molar-refractivity contribution >= 4 is 44.7 Å². The van der Waals surface area contributed by atoms with Crippen molar-refractivity contribution in [1.82, 2.24) is 0 Å². The van der Waals surface area contributed by atoms with Crippen LogP contribution >= 0.6 is 15.9 Å². The summed E-state index contributed by atoms with van der Waals surface area (Å²) in [6, 6.07) is 22.4. The molecule has 0 saturated carbocycles. The molecule has 2 amide bonds. The van der Waals surface area contributed by atoms with Crippen molar-refractivity contribution in [3.05, 3.63) is 99.7 Å². The summed E-state index contributed by atoms with van der Waals surface area (Å²) in [6.07, 6.45) is 0. The maximum absolute atomic E-state index is 13.4. The van der Waals surface area contributed by atoms with Gasteiger partial charge in [-0.15, -0.1) is 0 Å². The predicted molar refractivity (Wildman–Crippen MR) is 120 cm³/mol. The topological polar surface area (TPSA) is 49.4 Å². The van der Waals surface area contributed by atoms with Crippen LogP contribution in [-0.2, 0) is 9.59 Å². The molecule has 29 heavy (non-hydrogen) atoms. The Balaban J connectivity index is 1.83. The van der Waals surface area contributed by atoms with Crippen LogP contribution in [0.2, 0.25) is 0 Å². The van der Waals surface area contributed by atoms with Gasteiger partial charge in [-0.3, -0.25) is 9.59 Å². The van der Waals surface area contributed by atoms with E-state index in [2.05, 4.69) is 21.2 Å². The SMILES string of the molecule is Cc1ccc(C)c(NC2=C(c3ccccc3)C(=O)N(c3ccc(Br)cc3)C2=O)c1. The number of halogens is 1. The van der Waals surface area contributed by atoms with Crippen LogP contribution in [0, 0.1) is 13.8 Å². The van der Waals surface area contributed by atoms with Gasteiger partial charge in [0.15, 0.2) is 0 Å². The van der Waals surface area contributed by atoms with Gasteiger partial charge >= 0.3 is 0 Å². The highest BCUT2D eigenvalue weighted by Crippen LogP contribution is 2.34. The second-order valence-corrected chi connectivity index (χ2v) is 7.90. The van der Waals surface area contributed by atoms with Gasteiger partial charge in [0.25, 0.3) is 11.8 Å². The number of carbonyl (C=O) groups is 2. The van der Waals surface area contributed by atoms with E-state index in [0.29, 0.717) is 16.8 Å². The molecule has 1 N–H and O–H groups in total. The van der Waals surface area contributed by atoms with Gasteiger partial charge in [-0.25, -0.2) is 4.90 Å². The van der Waals surface area contributed by atoms with Gasteiger partial charge in [0.2, 0.25) is 0 Å². The van der Waals surface area contributed by atoms with E-state index in [-0.39, 0.29) is 17.5 Å². The number of nitrogens with one attached hydrogen (secondary N) is 1. The highest BCUT2D eigenvalue weighted by molar-refractivity contribution is 9.10. The number of hydrogen-bond acceptors (Lipinski definition) is 3. The summed E-state index contributed by atoms with van der Waals surface area (Å²) in [6.45, 7) is 3.96. The minimum Gasteiger partial charge on any atom is -0.350 e. The smallest absolute Gasteiger partial charge is 0.282 e. The fraction of sp³-hybridized carbons (Fsp3) is 0.0833. The number of amides is 2. The summed E-state index contributed by atoms with van der Waals surface area (Å²) >= 11 is 3.39. The first-order chi connectivity index (χ1) is 14.0. The van der Waals surface area contributed by atoms with E-state index in [1.165, 1.54) is 4.90 Å². The highest BCUT2D eigenvalue weighted by atomic mass is 79.9. The van der Waals surface area contributed by atoms with Crippen LogP contribution < -0.4 is 10.2 Å². The maximum Gasteiger partial charge on any atom is 0.282 e. The van der Waals surface area contributed by atoms with Crippen molar-refractivity contribution in [2.24, 2.45) is 0 Å². The van der Waals surface area contributed by atoms with Crippen LogP contribution in [0.1, 0.15) is 16.7 Å². The predicted octanol–water partition coefficient (Wildman–Crippen LogP) is 5.46. The average molecular weight is 447 g/mol. The Morgan fingerprint density at radius 3 is 2.21 bits per heavy atom. The van der Waals surface area contributed by atoms with Crippen molar-refractivity contribution < 1.29 is 9.59 Å². The number of anilines is 2. The minimum absolute atomic E-state index is 0.290. The van der Waals surface area contributed by atoms with Crippen LogP contribution in [0.25, 0.3) is 5.57 Å². The molecule has 0 saturated heterocycles. The summed E-state index contributed by atoms with van der Waals surface area (Å²) in [5.74, 6) is -0.701. The molecule has 1 aliphatic rings. The number of hydrogen-bond donors (Lipinski definition) is 1. The fourth-order valence-corrected chi connectivity index (χ4v) is 3.61. The summed E-state index contributed by atoms with van der Waals surface area (Å²) in [4.78, 5) is 27.9. The molecule has 0 radical (unpaired) electrons.